The lowest BCUT2D eigenvalue weighted by molar-refractivity contribution is 0.106. The number of likely N-dealkylation sites (tertiary alicyclic amines) is 1. The Labute approximate surface area is 102 Å². The number of hydrogen-bond acceptors (Lipinski definition) is 2. The Hall–Kier alpha value is -1.09. The molecule has 1 aromatic carbocycles. The highest BCUT2D eigenvalue weighted by Crippen LogP contribution is 2.25. The normalized spacial score (nSPS) is 26.1. The second-order valence-corrected chi connectivity index (χ2v) is 5.15. The molecule has 1 aromatic rings. The topological polar surface area (TPSA) is 23.5 Å². The van der Waals surface area contributed by atoms with Crippen molar-refractivity contribution in [3.63, 3.8) is 0 Å². The molecule has 1 aliphatic rings. The molecule has 2 atom stereocenters. The van der Waals surface area contributed by atoms with E-state index >= 15 is 0 Å². The molecular formula is C14H20FNO. The van der Waals surface area contributed by atoms with Crippen LogP contribution >= 0.6 is 0 Å². The van der Waals surface area contributed by atoms with Crippen LogP contribution in [-0.4, -0.2) is 22.6 Å². The molecule has 0 radical (unpaired) electrons. The molecule has 2 rings (SSSR count). The summed E-state index contributed by atoms with van der Waals surface area (Å²) in [4.78, 5) is 2.36. The second-order valence-electron chi connectivity index (χ2n) is 5.15. The lowest BCUT2D eigenvalue weighted by Gasteiger charge is -2.38. The smallest absolute Gasteiger partial charge is 0.127 e. The summed E-state index contributed by atoms with van der Waals surface area (Å²) >= 11 is 0. The third-order valence-electron chi connectivity index (χ3n) is 3.83. The van der Waals surface area contributed by atoms with E-state index in [4.69, 9.17) is 0 Å². The van der Waals surface area contributed by atoms with Gasteiger partial charge in [0.2, 0.25) is 0 Å². The molecule has 94 valence electrons. The molecule has 0 aromatic heterocycles. The van der Waals surface area contributed by atoms with E-state index in [-0.39, 0.29) is 11.6 Å². The Morgan fingerprint density at radius 3 is 2.82 bits per heavy atom. The van der Waals surface area contributed by atoms with Crippen LogP contribution in [0.25, 0.3) is 0 Å². The number of aromatic hydroxyl groups is 1. The van der Waals surface area contributed by atoms with E-state index in [1.165, 1.54) is 18.9 Å². The first kappa shape index (κ1) is 12.4. The lowest BCUT2D eigenvalue weighted by atomic mass is 9.92. The molecule has 2 nitrogen and oxygen atoms in total. The average molecular weight is 237 g/mol. The molecule has 17 heavy (non-hydrogen) atoms. The quantitative estimate of drug-likeness (QED) is 0.854. The Bertz CT molecular complexity index is 374. The molecule has 1 saturated heterocycles. The van der Waals surface area contributed by atoms with Crippen molar-refractivity contribution in [1.29, 1.82) is 0 Å². The van der Waals surface area contributed by atoms with Gasteiger partial charge in [0.25, 0.3) is 0 Å². The summed E-state index contributed by atoms with van der Waals surface area (Å²) < 4.78 is 13.2. The molecule has 1 heterocycles. The van der Waals surface area contributed by atoms with Crippen LogP contribution in [0, 0.1) is 11.7 Å². The monoisotopic (exact) mass is 237 g/mol. The van der Waals surface area contributed by atoms with Gasteiger partial charge in [-0.3, -0.25) is 4.90 Å². The Morgan fingerprint density at radius 1 is 1.35 bits per heavy atom. The van der Waals surface area contributed by atoms with Crippen molar-refractivity contribution in [2.75, 3.05) is 6.54 Å². The number of nitrogens with zero attached hydrogens (tertiary/aromatic N) is 1. The lowest BCUT2D eigenvalue weighted by Crippen LogP contribution is -2.41. The highest BCUT2D eigenvalue weighted by molar-refractivity contribution is 5.28. The van der Waals surface area contributed by atoms with Gasteiger partial charge in [0.05, 0.1) is 0 Å². The maximum atomic E-state index is 13.2. The molecule has 0 spiro atoms. The van der Waals surface area contributed by atoms with Crippen LogP contribution in [0.1, 0.15) is 32.3 Å². The van der Waals surface area contributed by atoms with Gasteiger partial charge in [-0.1, -0.05) is 6.92 Å². The average Bonchev–Trinajstić information content (AvgIpc) is 2.23. The SMILES string of the molecule is CC1CCCN(Cc2cc(O)cc(F)c2)C1C. The maximum absolute atomic E-state index is 13.2. The van der Waals surface area contributed by atoms with Crippen LogP contribution in [0.3, 0.4) is 0 Å². The first-order valence-corrected chi connectivity index (χ1v) is 6.29. The Balaban J connectivity index is 2.09. The van der Waals surface area contributed by atoms with Gasteiger partial charge in [-0.2, -0.15) is 0 Å². The number of phenols is 1. The zero-order valence-corrected chi connectivity index (χ0v) is 10.5. The van der Waals surface area contributed by atoms with E-state index in [2.05, 4.69) is 18.7 Å². The van der Waals surface area contributed by atoms with Gasteiger partial charge in [0.15, 0.2) is 0 Å². The molecule has 1 fully saturated rings. The van der Waals surface area contributed by atoms with Crippen molar-refractivity contribution in [3.05, 3.63) is 29.6 Å². The van der Waals surface area contributed by atoms with E-state index in [0.29, 0.717) is 12.0 Å². The van der Waals surface area contributed by atoms with E-state index in [0.717, 1.165) is 24.7 Å². The zero-order valence-electron chi connectivity index (χ0n) is 10.5. The predicted molar refractivity (Wildman–Crippen MR) is 66.3 cm³/mol. The van der Waals surface area contributed by atoms with Crippen LogP contribution in [0.5, 0.6) is 5.75 Å². The van der Waals surface area contributed by atoms with Gasteiger partial charge >= 0.3 is 0 Å². The van der Waals surface area contributed by atoms with Crippen LogP contribution in [0.4, 0.5) is 4.39 Å². The van der Waals surface area contributed by atoms with Crippen molar-refractivity contribution in [3.8, 4) is 5.75 Å². The molecule has 2 unspecified atom stereocenters. The van der Waals surface area contributed by atoms with Gasteiger partial charge in [-0.15, -0.1) is 0 Å². The first-order chi connectivity index (χ1) is 8.06. The molecule has 0 amide bonds. The molecule has 0 bridgehead atoms. The molecule has 1 aliphatic heterocycles. The minimum Gasteiger partial charge on any atom is -0.508 e. The number of benzene rings is 1. The van der Waals surface area contributed by atoms with Gasteiger partial charge in [0, 0.05) is 18.7 Å². The summed E-state index contributed by atoms with van der Waals surface area (Å²) in [5, 5.41) is 9.38. The van der Waals surface area contributed by atoms with Gasteiger partial charge in [0.1, 0.15) is 11.6 Å². The summed E-state index contributed by atoms with van der Waals surface area (Å²) in [5.74, 6) is 0.335. The van der Waals surface area contributed by atoms with E-state index < -0.39 is 0 Å². The molecule has 0 aliphatic carbocycles. The maximum Gasteiger partial charge on any atom is 0.127 e. The summed E-state index contributed by atoms with van der Waals surface area (Å²) in [6.45, 7) is 6.27. The minimum absolute atomic E-state index is 0.0118. The van der Waals surface area contributed by atoms with Crippen LogP contribution in [0.15, 0.2) is 18.2 Å². The fraction of sp³-hybridized carbons (Fsp3) is 0.571. The van der Waals surface area contributed by atoms with E-state index in [9.17, 15) is 9.50 Å². The van der Waals surface area contributed by atoms with Gasteiger partial charge in [-0.05, 0) is 49.9 Å². The largest absolute Gasteiger partial charge is 0.508 e. The summed E-state index contributed by atoms with van der Waals surface area (Å²) in [6, 6.07) is 4.82. The minimum atomic E-state index is -0.363. The molecule has 3 heteroatoms. The summed E-state index contributed by atoms with van der Waals surface area (Å²) in [5.41, 5.74) is 0.850. The number of piperidine rings is 1. The zero-order chi connectivity index (χ0) is 12.4. The first-order valence-electron chi connectivity index (χ1n) is 6.29. The third kappa shape index (κ3) is 2.97. The third-order valence-corrected chi connectivity index (χ3v) is 3.83. The summed E-state index contributed by atoms with van der Waals surface area (Å²) in [6.07, 6.45) is 2.47. The number of phenolic OH excluding ortho intramolecular Hbond substituents is 1. The Morgan fingerprint density at radius 2 is 2.12 bits per heavy atom. The highest BCUT2D eigenvalue weighted by Gasteiger charge is 2.24. The fourth-order valence-electron chi connectivity index (χ4n) is 2.60. The van der Waals surface area contributed by atoms with Gasteiger partial charge < -0.3 is 5.11 Å². The van der Waals surface area contributed by atoms with Crippen LogP contribution in [-0.2, 0) is 6.54 Å². The summed E-state index contributed by atoms with van der Waals surface area (Å²) in [7, 11) is 0. The van der Waals surface area contributed by atoms with E-state index in [1.807, 2.05) is 0 Å². The van der Waals surface area contributed by atoms with Crippen LogP contribution in [0.2, 0.25) is 0 Å². The molecule has 0 saturated carbocycles. The Kier molecular flexibility index (Phi) is 3.67. The van der Waals surface area contributed by atoms with E-state index in [1.54, 1.807) is 6.07 Å². The van der Waals surface area contributed by atoms with Crippen LogP contribution < -0.4 is 0 Å². The van der Waals surface area contributed by atoms with Gasteiger partial charge in [-0.25, -0.2) is 4.39 Å². The number of hydrogen-bond donors (Lipinski definition) is 1. The predicted octanol–water partition coefficient (Wildman–Crippen LogP) is 3.15. The highest BCUT2D eigenvalue weighted by atomic mass is 19.1. The molecular weight excluding hydrogens is 217 g/mol. The van der Waals surface area contributed by atoms with Crippen molar-refractivity contribution in [1.82, 2.24) is 4.90 Å². The second kappa shape index (κ2) is 5.05. The standard InChI is InChI=1S/C14H20FNO/c1-10-4-3-5-16(11(10)2)9-12-6-13(15)8-14(17)7-12/h6-8,10-11,17H,3-5,9H2,1-2H3. The fourth-order valence-corrected chi connectivity index (χ4v) is 2.60. The van der Waals surface area contributed by atoms with Crippen molar-refractivity contribution in [2.24, 2.45) is 5.92 Å². The van der Waals surface area contributed by atoms with Crippen molar-refractivity contribution in [2.45, 2.75) is 39.3 Å². The van der Waals surface area contributed by atoms with Crippen molar-refractivity contribution >= 4 is 0 Å². The number of halogens is 1. The molecule has 1 N–H and O–H groups in total. The number of rotatable bonds is 2. The van der Waals surface area contributed by atoms with Crippen molar-refractivity contribution < 1.29 is 9.50 Å².